The quantitative estimate of drug-likeness (QED) is 0.840. The Balaban J connectivity index is 1.56. The standard InChI is InChI=1S/C16H18N2O3S2/c1-20-12-4-3-11-5-10(8-21-14(11)6-12)7-17-15(19)13-9-23-16(18-13)22-2/h3-4,6,9-10H,5,7-8H2,1-2H3,(H,17,19). The Morgan fingerprint density at radius 3 is 3.17 bits per heavy atom. The molecule has 2 aromatic rings. The molecule has 2 heterocycles. The lowest BCUT2D eigenvalue weighted by molar-refractivity contribution is 0.0934. The van der Waals surface area contributed by atoms with Crippen molar-refractivity contribution in [1.82, 2.24) is 10.3 Å². The summed E-state index contributed by atoms with van der Waals surface area (Å²) in [5.74, 6) is 1.81. The summed E-state index contributed by atoms with van der Waals surface area (Å²) in [5, 5.41) is 4.74. The molecule has 1 aromatic heterocycles. The van der Waals surface area contributed by atoms with Crippen LogP contribution in [0.2, 0.25) is 0 Å². The van der Waals surface area contributed by atoms with E-state index in [-0.39, 0.29) is 11.8 Å². The summed E-state index contributed by atoms with van der Waals surface area (Å²) in [5.41, 5.74) is 1.64. The van der Waals surface area contributed by atoms with Crippen LogP contribution in [0.5, 0.6) is 11.5 Å². The number of benzene rings is 1. The number of aromatic nitrogens is 1. The number of thiazole rings is 1. The highest BCUT2D eigenvalue weighted by Gasteiger charge is 2.21. The highest BCUT2D eigenvalue weighted by atomic mass is 32.2. The molecule has 1 aromatic carbocycles. The van der Waals surface area contributed by atoms with Gasteiger partial charge in [-0.15, -0.1) is 11.3 Å². The largest absolute Gasteiger partial charge is 0.497 e. The van der Waals surface area contributed by atoms with Crippen molar-refractivity contribution in [2.75, 3.05) is 26.5 Å². The first-order chi connectivity index (χ1) is 11.2. The summed E-state index contributed by atoms with van der Waals surface area (Å²) in [6.45, 7) is 1.17. The summed E-state index contributed by atoms with van der Waals surface area (Å²) in [6.07, 6.45) is 2.83. The number of methoxy groups -OCH3 is 1. The number of rotatable bonds is 5. The first-order valence-electron chi connectivity index (χ1n) is 7.27. The van der Waals surface area contributed by atoms with Gasteiger partial charge in [-0.1, -0.05) is 17.8 Å². The van der Waals surface area contributed by atoms with E-state index in [9.17, 15) is 4.79 Å². The lowest BCUT2D eigenvalue weighted by Crippen LogP contribution is -2.34. The molecular formula is C16H18N2O3S2. The topological polar surface area (TPSA) is 60.5 Å². The first-order valence-corrected chi connectivity index (χ1v) is 9.37. The molecule has 3 rings (SSSR count). The molecule has 0 bridgehead atoms. The molecule has 7 heteroatoms. The van der Waals surface area contributed by atoms with E-state index in [0.29, 0.717) is 18.8 Å². The van der Waals surface area contributed by atoms with Gasteiger partial charge in [0.2, 0.25) is 0 Å². The molecule has 1 N–H and O–H groups in total. The number of carbonyl (C=O) groups is 1. The average molecular weight is 350 g/mol. The molecule has 0 radical (unpaired) electrons. The van der Waals surface area contributed by atoms with Gasteiger partial charge in [-0.05, 0) is 24.3 Å². The molecule has 0 saturated heterocycles. The predicted molar refractivity (Wildman–Crippen MR) is 91.9 cm³/mol. The molecule has 0 fully saturated rings. The molecule has 122 valence electrons. The van der Waals surface area contributed by atoms with Crippen molar-refractivity contribution in [2.24, 2.45) is 5.92 Å². The minimum Gasteiger partial charge on any atom is -0.497 e. The van der Waals surface area contributed by atoms with E-state index < -0.39 is 0 Å². The van der Waals surface area contributed by atoms with E-state index in [1.807, 2.05) is 24.5 Å². The van der Waals surface area contributed by atoms with Crippen LogP contribution >= 0.6 is 23.1 Å². The van der Waals surface area contributed by atoms with E-state index in [1.165, 1.54) is 11.3 Å². The van der Waals surface area contributed by atoms with Gasteiger partial charge in [-0.2, -0.15) is 0 Å². The number of nitrogens with zero attached hydrogens (tertiary/aromatic N) is 1. The molecule has 1 amide bonds. The maximum absolute atomic E-state index is 12.1. The Kier molecular flexibility index (Phi) is 5.07. The predicted octanol–water partition coefficient (Wildman–Crippen LogP) is 2.85. The van der Waals surface area contributed by atoms with Crippen LogP contribution < -0.4 is 14.8 Å². The van der Waals surface area contributed by atoms with Crippen molar-refractivity contribution in [1.29, 1.82) is 0 Å². The fraction of sp³-hybridized carbons (Fsp3) is 0.375. The fourth-order valence-electron chi connectivity index (χ4n) is 2.46. The maximum atomic E-state index is 12.1. The zero-order chi connectivity index (χ0) is 16.2. The van der Waals surface area contributed by atoms with Gasteiger partial charge in [0.1, 0.15) is 21.5 Å². The second kappa shape index (κ2) is 7.23. The van der Waals surface area contributed by atoms with Gasteiger partial charge in [-0.25, -0.2) is 4.98 Å². The molecule has 0 aliphatic carbocycles. The summed E-state index contributed by atoms with van der Waals surface area (Å²) < 4.78 is 11.9. The second-order valence-corrected chi connectivity index (χ2v) is 7.18. The van der Waals surface area contributed by atoms with Crippen LogP contribution in [0.4, 0.5) is 0 Å². The number of hydrogen-bond donors (Lipinski definition) is 1. The van der Waals surface area contributed by atoms with Crippen molar-refractivity contribution in [3.8, 4) is 11.5 Å². The Morgan fingerprint density at radius 2 is 2.43 bits per heavy atom. The molecule has 1 unspecified atom stereocenters. The van der Waals surface area contributed by atoms with E-state index in [2.05, 4.69) is 10.3 Å². The van der Waals surface area contributed by atoms with Gasteiger partial charge in [0.05, 0.1) is 13.7 Å². The van der Waals surface area contributed by atoms with Crippen molar-refractivity contribution >= 4 is 29.0 Å². The lowest BCUT2D eigenvalue weighted by Gasteiger charge is -2.25. The summed E-state index contributed by atoms with van der Waals surface area (Å²) >= 11 is 3.03. The Morgan fingerprint density at radius 1 is 1.57 bits per heavy atom. The smallest absolute Gasteiger partial charge is 0.270 e. The third-order valence-electron chi connectivity index (χ3n) is 3.70. The first kappa shape index (κ1) is 16.1. The molecule has 1 aliphatic heterocycles. The maximum Gasteiger partial charge on any atom is 0.270 e. The third-order valence-corrected chi connectivity index (χ3v) is 5.56. The van der Waals surface area contributed by atoms with Gasteiger partial charge in [0, 0.05) is 23.9 Å². The Bertz CT molecular complexity index is 702. The van der Waals surface area contributed by atoms with Crippen molar-refractivity contribution in [3.05, 3.63) is 34.8 Å². The molecule has 0 saturated carbocycles. The highest BCUT2D eigenvalue weighted by molar-refractivity contribution is 8.00. The normalized spacial score (nSPS) is 16.3. The van der Waals surface area contributed by atoms with Crippen LogP contribution in [-0.4, -0.2) is 37.4 Å². The number of nitrogens with one attached hydrogen (secondary N) is 1. The van der Waals surface area contributed by atoms with Crippen LogP contribution in [0.1, 0.15) is 16.1 Å². The zero-order valence-corrected chi connectivity index (χ0v) is 14.6. The summed E-state index contributed by atoms with van der Waals surface area (Å²) in [4.78, 5) is 16.4. The van der Waals surface area contributed by atoms with Gasteiger partial charge < -0.3 is 14.8 Å². The van der Waals surface area contributed by atoms with Crippen LogP contribution in [0, 0.1) is 5.92 Å². The Hall–Kier alpha value is -1.73. The molecule has 23 heavy (non-hydrogen) atoms. The van der Waals surface area contributed by atoms with Gasteiger partial charge in [0.15, 0.2) is 0 Å². The van der Waals surface area contributed by atoms with E-state index >= 15 is 0 Å². The zero-order valence-electron chi connectivity index (χ0n) is 13.0. The minimum absolute atomic E-state index is 0.123. The number of carbonyl (C=O) groups excluding carboxylic acids is 1. The van der Waals surface area contributed by atoms with Gasteiger partial charge in [0.25, 0.3) is 5.91 Å². The van der Waals surface area contributed by atoms with Crippen LogP contribution in [0.15, 0.2) is 27.9 Å². The van der Waals surface area contributed by atoms with Crippen LogP contribution in [0.3, 0.4) is 0 Å². The molecule has 1 aliphatic rings. The molecule has 5 nitrogen and oxygen atoms in total. The number of fused-ring (bicyclic) bond motifs is 1. The van der Waals surface area contributed by atoms with Crippen molar-refractivity contribution in [2.45, 2.75) is 10.8 Å². The molecular weight excluding hydrogens is 332 g/mol. The van der Waals surface area contributed by atoms with Crippen LogP contribution in [-0.2, 0) is 6.42 Å². The summed E-state index contributed by atoms with van der Waals surface area (Å²) in [7, 11) is 1.64. The number of hydrogen-bond acceptors (Lipinski definition) is 6. The number of thioether (sulfide) groups is 1. The van der Waals surface area contributed by atoms with Crippen molar-refractivity contribution in [3.63, 3.8) is 0 Å². The van der Waals surface area contributed by atoms with Gasteiger partial charge >= 0.3 is 0 Å². The average Bonchev–Trinajstić information content (AvgIpc) is 3.08. The van der Waals surface area contributed by atoms with Crippen molar-refractivity contribution < 1.29 is 14.3 Å². The van der Waals surface area contributed by atoms with Gasteiger partial charge in [-0.3, -0.25) is 4.79 Å². The summed E-state index contributed by atoms with van der Waals surface area (Å²) in [6, 6.07) is 5.86. The van der Waals surface area contributed by atoms with E-state index in [1.54, 1.807) is 24.3 Å². The molecule has 1 atom stereocenters. The SMILES string of the molecule is COc1ccc2c(c1)OCC(CNC(=O)c1csc(SC)n1)C2. The second-order valence-electron chi connectivity index (χ2n) is 5.27. The third kappa shape index (κ3) is 3.79. The highest BCUT2D eigenvalue weighted by Crippen LogP contribution is 2.30. The van der Waals surface area contributed by atoms with Crippen LogP contribution in [0.25, 0.3) is 0 Å². The monoisotopic (exact) mass is 350 g/mol. The number of ether oxygens (including phenoxy) is 2. The lowest BCUT2D eigenvalue weighted by atomic mass is 9.96. The molecule has 0 spiro atoms. The van der Waals surface area contributed by atoms with E-state index in [0.717, 1.165) is 27.8 Å². The van der Waals surface area contributed by atoms with E-state index in [4.69, 9.17) is 9.47 Å². The Labute approximate surface area is 143 Å². The minimum atomic E-state index is -0.123. The fourth-order valence-corrected chi connectivity index (χ4v) is 3.70. The number of amides is 1.